The van der Waals surface area contributed by atoms with Gasteiger partial charge in [0.15, 0.2) is 0 Å². The molecule has 1 rings (SSSR count). The molecule has 1 heteroatoms. The van der Waals surface area contributed by atoms with Gasteiger partial charge in [-0.1, -0.05) is 114 Å². The maximum absolute atomic E-state index is 2.29. The summed E-state index contributed by atoms with van der Waals surface area (Å²) in [7, 11) is 0. The molecule has 0 nitrogen and oxygen atoms in total. The Kier molecular flexibility index (Phi) is 18.9. The summed E-state index contributed by atoms with van der Waals surface area (Å²) in [6.45, 7) is 2.29. The summed E-state index contributed by atoms with van der Waals surface area (Å²) in [5.41, 5.74) is 1.50. The Morgan fingerprint density at radius 2 is 1.00 bits per heavy atom. The fourth-order valence-electron chi connectivity index (χ4n) is 2.99. The summed E-state index contributed by atoms with van der Waals surface area (Å²) >= 11 is 0. The van der Waals surface area contributed by atoms with E-state index in [1.807, 2.05) is 0 Å². The van der Waals surface area contributed by atoms with Gasteiger partial charge in [0.25, 0.3) is 0 Å². The average Bonchev–Trinajstić information content (AvgIpc) is 2.53. The van der Waals surface area contributed by atoms with Crippen molar-refractivity contribution in [3.8, 4) is 0 Å². The number of benzene rings is 1. The second-order valence-corrected chi connectivity index (χ2v) is 6.48. The molecule has 0 saturated carbocycles. The van der Waals surface area contributed by atoms with Gasteiger partial charge in [0.1, 0.15) is 0 Å². The van der Waals surface area contributed by atoms with Crippen molar-refractivity contribution in [2.24, 2.45) is 0 Å². The van der Waals surface area contributed by atoms with Crippen LogP contribution in [0.5, 0.6) is 0 Å². The van der Waals surface area contributed by atoms with E-state index < -0.39 is 0 Å². The molecule has 0 unspecified atom stereocenters. The van der Waals surface area contributed by atoms with Crippen LogP contribution in [0.3, 0.4) is 0 Å². The second-order valence-electron chi connectivity index (χ2n) is 6.48. The molecule has 0 aliphatic rings. The number of aryl methyl sites for hydroxylation is 1. The standard InChI is InChI=1S/C21H36.K.H/c1-2-3-4-5-6-7-8-9-10-11-12-13-15-18-21-19-16-14-17-20-21;;/h14,16-17,19-20H,2-13,15,18H2,1H3;;/q;+1;-1. The van der Waals surface area contributed by atoms with Crippen LogP contribution in [-0.4, -0.2) is 0 Å². The molecular formula is C21H37K. The quantitative estimate of drug-likeness (QED) is 0.350. The van der Waals surface area contributed by atoms with Crippen LogP contribution in [0.4, 0.5) is 0 Å². The fraction of sp³-hybridized carbons (Fsp3) is 0.714. The van der Waals surface area contributed by atoms with Gasteiger partial charge in [-0.25, -0.2) is 0 Å². The number of hydrogen-bond acceptors (Lipinski definition) is 0. The van der Waals surface area contributed by atoms with Gasteiger partial charge in [0.05, 0.1) is 0 Å². The van der Waals surface area contributed by atoms with E-state index in [-0.39, 0.29) is 52.8 Å². The fourth-order valence-corrected chi connectivity index (χ4v) is 2.99. The number of unbranched alkanes of at least 4 members (excludes halogenated alkanes) is 12. The zero-order valence-corrected chi connectivity index (χ0v) is 18.4. The van der Waals surface area contributed by atoms with Crippen molar-refractivity contribution in [1.82, 2.24) is 0 Å². The van der Waals surface area contributed by atoms with Gasteiger partial charge in [0, 0.05) is 0 Å². The van der Waals surface area contributed by atoms with Crippen LogP contribution in [0.2, 0.25) is 0 Å². The molecule has 0 aliphatic carbocycles. The minimum absolute atomic E-state index is 0. The SMILES string of the molecule is CCCCCCCCCCCCCCCc1ccccc1.[H-].[K+]. The molecule has 22 heavy (non-hydrogen) atoms. The molecule has 0 fully saturated rings. The Balaban J connectivity index is 0. The van der Waals surface area contributed by atoms with Crippen molar-refractivity contribution in [3.63, 3.8) is 0 Å². The number of hydrogen-bond donors (Lipinski definition) is 0. The third-order valence-corrected chi connectivity index (χ3v) is 4.41. The zero-order valence-electron chi connectivity index (χ0n) is 16.3. The maximum atomic E-state index is 2.29. The molecule has 0 spiro atoms. The minimum Gasteiger partial charge on any atom is -1.00 e. The first-order valence-electron chi connectivity index (χ1n) is 9.47. The van der Waals surface area contributed by atoms with Gasteiger partial charge in [-0.3, -0.25) is 0 Å². The first kappa shape index (κ1) is 22.9. The molecule has 0 aliphatic heterocycles. The van der Waals surface area contributed by atoms with Crippen LogP contribution in [0.15, 0.2) is 30.3 Å². The molecule has 0 atom stereocenters. The molecule has 0 N–H and O–H groups in total. The smallest absolute Gasteiger partial charge is 1.00 e. The van der Waals surface area contributed by atoms with E-state index in [1.54, 1.807) is 0 Å². The van der Waals surface area contributed by atoms with Crippen molar-refractivity contribution in [3.05, 3.63) is 35.9 Å². The van der Waals surface area contributed by atoms with E-state index in [9.17, 15) is 0 Å². The van der Waals surface area contributed by atoms with Crippen LogP contribution in [0.25, 0.3) is 0 Å². The molecule has 0 aromatic heterocycles. The van der Waals surface area contributed by atoms with Gasteiger partial charge >= 0.3 is 51.4 Å². The predicted octanol–water partition coefficient (Wildman–Crippen LogP) is 4.44. The maximum Gasteiger partial charge on any atom is 1.00 e. The topological polar surface area (TPSA) is 0 Å². The summed E-state index contributed by atoms with van der Waals surface area (Å²) in [6, 6.07) is 10.9. The first-order valence-corrected chi connectivity index (χ1v) is 9.47. The molecule has 0 saturated heterocycles. The van der Waals surface area contributed by atoms with E-state index in [1.165, 1.54) is 95.5 Å². The van der Waals surface area contributed by atoms with E-state index in [0.717, 1.165) is 0 Å². The largest absolute Gasteiger partial charge is 1.00 e. The normalized spacial score (nSPS) is 10.4. The Bertz CT molecular complexity index is 313. The van der Waals surface area contributed by atoms with Gasteiger partial charge in [-0.05, 0) is 18.4 Å². The Labute approximate surface area is 183 Å². The van der Waals surface area contributed by atoms with Crippen LogP contribution >= 0.6 is 0 Å². The summed E-state index contributed by atoms with van der Waals surface area (Å²) in [5, 5.41) is 0. The Hall–Kier alpha value is 0.856. The first-order chi connectivity index (χ1) is 10.4. The van der Waals surface area contributed by atoms with E-state index in [0.29, 0.717) is 0 Å². The molecular weight excluding hydrogens is 291 g/mol. The van der Waals surface area contributed by atoms with Crippen LogP contribution < -0.4 is 51.4 Å². The Morgan fingerprint density at radius 3 is 1.45 bits per heavy atom. The van der Waals surface area contributed by atoms with Crippen molar-refractivity contribution >= 4 is 0 Å². The van der Waals surface area contributed by atoms with Gasteiger partial charge in [-0.15, -0.1) is 0 Å². The molecule has 1 aromatic carbocycles. The van der Waals surface area contributed by atoms with Crippen molar-refractivity contribution in [2.45, 2.75) is 96.8 Å². The molecule has 0 bridgehead atoms. The van der Waals surface area contributed by atoms with Crippen molar-refractivity contribution in [2.75, 3.05) is 0 Å². The third kappa shape index (κ3) is 14.4. The molecule has 122 valence electrons. The van der Waals surface area contributed by atoms with Gasteiger partial charge in [-0.2, -0.15) is 0 Å². The summed E-state index contributed by atoms with van der Waals surface area (Å²) in [5.74, 6) is 0. The van der Waals surface area contributed by atoms with Crippen LogP contribution in [0.1, 0.15) is 97.4 Å². The monoisotopic (exact) mass is 328 g/mol. The van der Waals surface area contributed by atoms with E-state index in [2.05, 4.69) is 37.3 Å². The van der Waals surface area contributed by atoms with Crippen molar-refractivity contribution < 1.29 is 52.8 Å². The van der Waals surface area contributed by atoms with Gasteiger partial charge < -0.3 is 1.43 Å². The summed E-state index contributed by atoms with van der Waals surface area (Å²) in [6.07, 6.45) is 20.0. The van der Waals surface area contributed by atoms with Crippen LogP contribution in [0, 0.1) is 0 Å². The summed E-state index contributed by atoms with van der Waals surface area (Å²) < 4.78 is 0. The average molecular weight is 329 g/mol. The molecule has 0 heterocycles. The summed E-state index contributed by atoms with van der Waals surface area (Å²) in [4.78, 5) is 0. The molecule has 1 aromatic rings. The molecule has 0 amide bonds. The third-order valence-electron chi connectivity index (χ3n) is 4.41. The van der Waals surface area contributed by atoms with Crippen LogP contribution in [-0.2, 0) is 6.42 Å². The molecule has 0 radical (unpaired) electrons. The zero-order chi connectivity index (χ0) is 15.0. The minimum atomic E-state index is 0. The van der Waals surface area contributed by atoms with E-state index in [4.69, 9.17) is 0 Å². The predicted molar refractivity (Wildman–Crippen MR) is 97.0 cm³/mol. The second kappa shape index (κ2) is 18.2. The van der Waals surface area contributed by atoms with Gasteiger partial charge in [0.2, 0.25) is 0 Å². The number of rotatable bonds is 14. The van der Waals surface area contributed by atoms with Crippen molar-refractivity contribution in [1.29, 1.82) is 0 Å². The van der Waals surface area contributed by atoms with E-state index >= 15 is 0 Å². The Morgan fingerprint density at radius 1 is 0.591 bits per heavy atom.